The van der Waals surface area contributed by atoms with Gasteiger partial charge in [0.15, 0.2) is 0 Å². The van der Waals surface area contributed by atoms with Crippen LogP contribution in [0.25, 0.3) is 0 Å². The van der Waals surface area contributed by atoms with E-state index in [1.54, 1.807) is 0 Å². The number of carbonyl (C=O) groups is 11. The number of rotatable bonds is 25. The lowest BCUT2D eigenvalue weighted by Crippen LogP contribution is -2.62. The smallest absolute Gasteiger partial charge is 0.245 e. The summed E-state index contributed by atoms with van der Waals surface area (Å²) in [6, 6.07) is -14.5. The molecule has 0 saturated carbocycles. The molecule has 29 nitrogen and oxygen atoms in total. The lowest BCUT2D eigenvalue weighted by atomic mass is 10.1. The van der Waals surface area contributed by atoms with Crippen molar-refractivity contribution in [2.24, 2.45) is 28.7 Å². The van der Waals surface area contributed by atoms with Gasteiger partial charge < -0.3 is 97.4 Å². The highest BCUT2D eigenvalue weighted by Crippen LogP contribution is 2.08. The second kappa shape index (κ2) is 37.8. The molecule has 0 unspecified atom stereocenters. The molecule has 76 heavy (non-hydrogen) atoms. The van der Waals surface area contributed by atoms with Crippen LogP contribution in [0, 0.1) is 0 Å². The minimum atomic E-state index is -1.68. The molecule has 1 aliphatic rings. The standard InChI is InChI=1S/C46H86N16O13.ClH/c1-6-7-8-9-10-11-34(65)55-28(12-18-47)43(72)62-36(27(5)64)46(75)60-31(15-21-50)41(70)59-33-17-23-52-45(74)35(26(4)63)61-44(73)32(16-22-51)58-40(69)30(14-20-49)56-38(67)25(3)53-37(66)24(2)54-39(68)29(13-19-48)57-42(33)71;/h24-33,35-36,63-64H,6-23,47-51H2,1-5H3,(H,52,74)(H,53,66)(H,54,68)(H,55,65)(H,56,67)(H,57,71)(H,58,69)(H,59,70)(H,60,75)(H,61,73)(H,62,72);1H/t24-,25+,26-,27-,28+,29+,30+,31+,32+,33+,35+,36+;/m1./s1. The zero-order valence-electron chi connectivity index (χ0n) is 44.3. The molecule has 0 aliphatic carbocycles. The predicted molar refractivity (Wildman–Crippen MR) is 281 cm³/mol. The van der Waals surface area contributed by atoms with Gasteiger partial charge in [0.2, 0.25) is 65.0 Å². The van der Waals surface area contributed by atoms with E-state index in [9.17, 15) is 63.0 Å². The summed E-state index contributed by atoms with van der Waals surface area (Å²) < 4.78 is 0. The maximum Gasteiger partial charge on any atom is 0.245 e. The van der Waals surface area contributed by atoms with Gasteiger partial charge >= 0.3 is 0 Å². The molecule has 23 N–H and O–H groups in total. The van der Waals surface area contributed by atoms with Crippen LogP contribution in [0.15, 0.2) is 0 Å². The molecule has 1 fully saturated rings. The number of aliphatic hydroxyl groups is 2. The van der Waals surface area contributed by atoms with Crippen LogP contribution in [0.5, 0.6) is 0 Å². The van der Waals surface area contributed by atoms with Crippen LogP contribution in [0.2, 0.25) is 0 Å². The van der Waals surface area contributed by atoms with Gasteiger partial charge in [0.1, 0.15) is 60.4 Å². The Labute approximate surface area is 449 Å². The van der Waals surface area contributed by atoms with Gasteiger partial charge in [-0.25, -0.2) is 0 Å². The van der Waals surface area contributed by atoms with Gasteiger partial charge in [0, 0.05) is 13.0 Å². The first-order valence-electron chi connectivity index (χ1n) is 25.7. The van der Waals surface area contributed by atoms with E-state index in [4.69, 9.17) is 28.7 Å². The summed E-state index contributed by atoms with van der Waals surface area (Å²) in [5.41, 5.74) is 28.8. The normalized spacial score (nSPS) is 23.6. The summed E-state index contributed by atoms with van der Waals surface area (Å²) in [4.78, 5) is 149. The van der Waals surface area contributed by atoms with E-state index in [0.717, 1.165) is 25.7 Å². The molecule has 0 aromatic rings. The van der Waals surface area contributed by atoms with Crippen molar-refractivity contribution in [3.8, 4) is 0 Å². The maximum atomic E-state index is 14.1. The van der Waals surface area contributed by atoms with Crippen molar-refractivity contribution >= 4 is 77.4 Å². The molecular weight excluding hydrogens is 1020 g/mol. The third-order valence-corrected chi connectivity index (χ3v) is 12.0. The van der Waals surface area contributed by atoms with Gasteiger partial charge in [0.25, 0.3) is 0 Å². The average molecular weight is 1110 g/mol. The summed E-state index contributed by atoms with van der Waals surface area (Å²) >= 11 is 0. The zero-order valence-corrected chi connectivity index (χ0v) is 45.2. The minimum Gasteiger partial charge on any atom is -0.391 e. The Morgan fingerprint density at radius 3 is 1.53 bits per heavy atom. The first-order valence-corrected chi connectivity index (χ1v) is 25.7. The van der Waals surface area contributed by atoms with Crippen molar-refractivity contribution in [1.82, 2.24) is 58.5 Å². The fourth-order valence-electron chi connectivity index (χ4n) is 7.53. The van der Waals surface area contributed by atoms with Crippen molar-refractivity contribution in [3.05, 3.63) is 0 Å². The number of nitrogens with one attached hydrogen (secondary N) is 11. The van der Waals surface area contributed by atoms with Crippen molar-refractivity contribution in [3.63, 3.8) is 0 Å². The number of amides is 11. The van der Waals surface area contributed by atoms with Crippen molar-refractivity contribution in [2.45, 2.75) is 184 Å². The van der Waals surface area contributed by atoms with Crippen LogP contribution in [0.1, 0.15) is 112 Å². The zero-order chi connectivity index (χ0) is 56.8. The number of carbonyl (C=O) groups excluding carboxylic acids is 11. The largest absolute Gasteiger partial charge is 0.391 e. The summed E-state index contributed by atoms with van der Waals surface area (Å²) in [6.45, 7) is 5.93. The summed E-state index contributed by atoms with van der Waals surface area (Å²) in [5.74, 6) is -9.78. The molecule has 0 aromatic carbocycles. The van der Waals surface area contributed by atoms with Gasteiger partial charge in [-0.2, -0.15) is 0 Å². The fraction of sp³-hybridized carbons (Fsp3) is 0.761. The first kappa shape index (κ1) is 70.2. The third kappa shape index (κ3) is 25.3. The number of unbranched alkanes of at least 4 members (excludes halogenated alkanes) is 4. The quantitative estimate of drug-likeness (QED) is 0.0378. The molecule has 0 aromatic heterocycles. The molecule has 12 atom stereocenters. The maximum absolute atomic E-state index is 14.1. The summed E-state index contributed by atoms with van der Waals surface area (Å²) in [6.07, 6.45) is 0.227. The number of nitrogens with two attached hydrogens (primary N) is 5. The molecule has 0 spiro atoms. The minimum absolute atomic E-state index is 0. The average Bonchev–Trinajstić information content (AvgIpc) is 3.34. The highest BCUT2D eigenvalue weighted by Gasteiger charge is 2.36. The highest BCUT2D eigenvalue weighted by molar-refractivity contribution is 5.99. The molecule has 0 radical (unpaired) electrons. The Kier molecular flexibility index (Phi) is 34.9. The van der Waals surface area contributed by atoms with Crippen LogP contribution in [0.4, 0.5) is 0 Å². The molecular formula is C46H87ClN16O13. The molecule has 0 bridgehead atoms. The predicted octanol–water partition coefficient (Wildman–Crippen LogP) is -7.32. The lowest BCUT2D eigenvalue weighted by molar-refractivity contribution is -0.137. The van der Waals surface area contributed by atoms with Gasteiger partial charge in [-0.05, 0) is 105 Å². The van der Waals surface area contributed by atoms with E-state index in [-0.39, 0.29) is 83.7 Å². The van der Waals surface area contributed by atoms with Crippen LogP contribution < -0.4 is 87.2 Å². The molecule has 436 valence electrons. The lowest BCUT2D eigenvalue weighted by Gasteiger charge is -2.28. The third-order valence-electron chi connectivity index (χ3n) is 12.0. The highest BCUT2D eigenvalue weighted by atomic mass is 35.5. The molecule has 11 amide bonds. The SMILES string of the molecule is CCCCCCCC(=O)N[C@@H](CCN)C(=O)N[C@H](C(=O)N[C@@H](CCN)C(=O)N[C@H]1CCNC(=O)[C@H]([C@@H](C)O)NC(=O)[C@H](CCN)NC(=O)[C@H](CCN)NC(=O)[C@H](C)NC(=O)[C@@H](C)NC(=O)[C@H](CCN)NC1=O)[C@@H](C)O.Cl. The van der Waals surface area contributed by atoms with Crippen molar-refractivity contribution in [1.29, 1.82) is 0 Å². The second-order valence-corrected chi connectivity index (χ2v) is 18.5. The molecule has 1 rings (SSSR count). The van der Waals surface area contributed by atoms with Gasteiger partial charge in [0.05, 0.1) is 12.2 Å². The second-order valence-electron chi connectivity index (χ2n) is 18.5. The summed E-state index contributed by atoms with van der Waals surface area (Å²) in [7, 11) is 0. The van der Waals surface area contributed by atoms with E-state index in [2.05, 4.69) is 65.4 Å². The van der Waals surface area contributed by atoms with Crippen LogP contribution in [-0.2, 0) is 52.7 Å². The molecule has 1 saturated heterocycles. The van der Waals surface area contributed by atoms with Crippen LogP contribution in [-0.4, -0.2) is 187 Å². The van der Waals surface area contributed by atoms with E-state index in [1.807, 2.05) is 0 Å². The van der Waals surface area contributed by atoms with E-state index >= 15 is 0 Å². The van der Waals surface area contributed by atoms with Gasteiger partial charge in [-0.15, -0.1) is 12.4 Å². The Balaban J connectivity index is 0.0000562. The number of hydrogen-bond donors (Lipinski definition) is 18. The van der Waals surface area contributed by atoms with Crippen LogP contribution >= 0.6 is 12.4 Å². The molecule has 30 heteroatoms. The topological polar surface area (TPSA) is 491 Å². The number of halogens is 1. The fourth-order valence-corrected chi connectivity index (χ4v) is 7.53. The molecule has 1 aliphatic heterocycles. The van der Waals surface area contributed by atoms with Gasteiger partial charge in [-0.3, -0.25) is 52.7 Å². The Hall–Kier alpha value is -5.82. The monoisotopic (exact) mass is 1110 g/mol. The van der Waals surface area contributed by atoms with E-state index in [0.29, 0.717) is 6.42 Å². The van der Waals surface area contributed by atoms with E-state index < -0.39 is 151 Å². The van der Waals surface area contributed by atoms with Crippen molar-refractivity contribution in [2.75, 3.05) is 39.3 Å². The van der Waals surface area contributed by atoms with Gasteiger partial charge in [-0.1, -0.05) is 32.6 Å². The first-order chi connectivity index (χ1) is 35.5. The Morgan fingerprint density at radius 1 is 0.566 bits per heavy atom. The van der Waals surface area contributed by atoms with Crippen LogP contribution in [0.3, 0.4) is 0 Å². The Bertz CT molecular complexity index is 1900. The van der Waals surface area contributed by atoms with Crippen molar-refractivity contribution < 1.29 is 63.0 Å². The summed E-state index contributed by atoms with van der Waals surface area (Å²) in [5, 5.41) is 48.3. The van der Waals surface area contributed by atoms with E-state index in [1.165, 1.54) is 27.7 Å². The Morgan fingerprint density at radius 2 is 1.03 bits per heavy atom. The number of hydrogen-bond acceptors (Lipinski definition) is 18. The molecule has 1 heterocycles. The number of aliphatic hydroxyl groups excluding tert-OH is 2.